The van der Waals surface area contributed by atoms with Crippen LogP contribution in [0.1, 0.15) is 25.7 Å². The number of likely N-dealkylation sites (tertiary alicyclic amines) is 1. The van der Waals surface area contributed by atoms with E-state index >= 15 is 0 Å². The molecule has 2 rings (SSSR count). The molecular weight excluding hydrogens is 244 g/mol. The van der Waals surface area contributed by atoms with E-state index in [9.17, 15) is 4.79 Å². The first kappa shape index (κ1) is 14.8. The average Bonchev–Trinajstić information content (AvgIpc) is 2.48. The number of piperidine rings is 1. The standard InChI is InChI=1S/C14H26N2O3/c1-18-14(17)13-12-16(10-11-19-13)9-5-8-15-6-3-2-4-7-15/h13H,2-12H2,1H3/t13-/m1/s1. The Hall–Kier alpha value is -0.650. The van der Waals surface area contributed by atoms with Crippen LogP contribution in [0.5, 0.6) is 0 Å². The van der Waals surface area contributed by atoms with Crippen molar-refractivity contribution < 1.29 is 14.3 Å². The molecule has 2 aliphatic rings. The molecule has 0 unspecified atom stereocenters. The largest absolute Gasteiger partial charge is 0.467 e. The summed E-state index contributed by atoms with van der Waals surface area (Å²) in [5.41, 5.74) is 0. The fourth-order valence-corrected chi connectivity index (χ4v) is 2.88. The second-order valence-electron chi connectivity index (χ2n) is 5.44. The van der Waals surface area contributed by atoms with Crippen LogP contribution in [0.25, 0.3) is 0 Å². The van der Waals surface area contributed by atoms with Gasteiger partial charge in [0.15, 0.2) is 6.10 Å². The zero-order chi connectivity index (χ0) is 13.5. The van der Waals surface area contributed by atoms with Gasteiger partial charge in [-0.15, -0.1) is 0 Å². The highest BCUT2D eigenvalue weighted by Crippen LogP contribution is 2.10. The zero-order valence-corrected chi connectivity index (χ0v) is 12.0. The molecule has 1 atom stereocenters. The molecule has 5 nitrogen and oxygen atoms in total. The molecule has 0 aromatic carbocycles. The number of carbonyl (C=O) groups excluding carboxylic acids is 1. The number of rotatable bonds is 5. The Morgan fingerprint density at radius 1 is 1.16 bits per heavy atom. The Morgan fingerprint density at radius 3 is 2.63 bits per heavy atom. The Bertz CT molecular complexity index is 280. The Kier molecular flexibility index (Phi) is 6.07. The van der Waals surface area contributed by atoms with Gasteiger partial charge in [0.2, 0.25) is 0 Å². The number of ether oxygens (including phenoxy) is 2. The first-order chi connectivity index (χ1) is 9.29. The number of methoxy groups -OCH3 is 1. The second-order valence-corrected chi connectivity index (χ2v) is 5.44. The monoisotopic (exact) mass is 270 g/mol. The summed E-state index contributed by atoms with van der Waals surface area (Å²) < 4.78 is 10.2. The third kappa shape index (κ3) is 4.75. The van der Waals surface area contributed by atoms with Crippen molar-refractivity contribution in [2.24, 2.45) is 0 Å². The van der Waals surface area contributed by atoms with Crippen LogP contribution in [-0.4, -0.2) is 74.9 Å². The van der Waals surface area contributed by atoms with Crippen molar-refractivity contribution in [1.29, 1.82) is 0 Å². The second kappa shape index (κ2) is 7.82. The Morgan fingerprint density at radius 2 is 1.89 bits per heavy atom. The molecule has 0 N–H and O–H groups in total. The van der Waals surface area contributed by atoms with Gasteiger partial charge in [-0.1, -0.05) is 6.42 Å². The minimum absolute atomic E-state index is 0.249. The summed E-state index contributed by atoms with van der Waals surface area (Å²) in [5.74, 6) is -0.249. The SMILES string of the molecule is COC(=O)[C@H]1CN(CCCN2CCCCC2)CCO1. The molecule has 0 spiro atoms. The van der Waals surface area contributed by atoms with E-state index in [2.05, 4.69) is 9.80 Å². The van der Waals surface area contributed by atoms with Crippen LogP contribution in [0.15, 0.2) is 0 Å². The summed E-state index contributed by atoms with van der Waals surface area (Å²) in [4.78, 5) is 16.3. The molecule has 110 valence electrons. The number of esters is 1. The normalized spacial score (nSPS) is 26.3. The summed E-state index contributed by atoms with van der Waals surface area (Å²) >= 11 is 0. The summed E-state index contributed by atoms with van der Waals surface area (Å²) in [7, 11) is 1.42. The van der Waals surface area contributed by atoms with E-state index in [0.29, 0.717) is 13.2 Å². The van der Waals surface area contributed by atoms with E-state index in [1.54, 1.807) is 0 Å². The number of carbonyl (C=O) groups is 1. The predicted molar refractivity (Wildman–Crippen MR) is 73.1 cm³/mol. The number of hydrogen-bond acceptors (Lipinski definition) is 5. The predicted octanol–water partition coefficient (Wildman–Crippen LogP) is 0.736. The van der Waals surface area contributed by atoms with Gasteiger partial charge in [0.1, 0.15) is 0 Å². The third-order valence-corrected chi connectivity index (χ3v) is 4.01. The van der Waals surface area contributed by atoms with E-state index in [4.69, 9.17) is 9.47 Å². The van der Waals surface area contributed by atoms with Gasteiger partial charge in [-0.25, -0.2) is 4.79 Å². The molecule has 2 fully saturated rings. The van der Waals surface area contributed by atoms with Crippen molar-refractivity contribution in [3.63, 3.8) is 0 Å². The molecule has 0 aromatic rings. The molecule has 0 aliphatic carbocycles. The fourth-order valence-electron chi connectivity index (χ4n) is 2.88. The van der Waals surface area contributed by atoms with Gasteiger partial charge in [0, 0.05) is 13.1 Å². The molecule has 19 heavy (non-hydrogen) atoms. The molecule has 0 radical (unpaired) electrons. The summed E-state index contributed by atoms with van der Waals surface area (Å²) in [6.45, 7) is 6.97. The Balaban J connectivity index is 1.63. The van der Waals surface area contributed by atoms with Crippen LogP contribution in [0.2, 0.25) is 0 Å². The highest BCUT2D eigenvalue weighted by atomic mass is 16.6. The first-order valence-electron chi connectivity index (χ1n) is 7.44. The molecule has 0 saturated carbocycles. The van der Waals surface area contributed by atoms with Crippen LogP contribution in [0.4, 0.5) is 0 Å². The van der Waals surface area contributed by atoms with E-state index in [-0.39, 0.29) is 5.97 Å². The van der Waals surface area contributed by atoms with Crippen molar-refractivity contribution in [2.45, 2.75) is 31.8 Å². The molecule has 2 aliphatic heterocycles. The summed E-state index contributed by atoms with van der Waals surface area (Å²) in [6, 6.07) is 0. The van der Waals surface area contributed by atoms with Gasteiger partial charge in [-0.05, 0) is 45.4 Å². The summed E-state index contributed by atoms with van der Waals surface area (Å²) in [5, 5.41) is 0. The fraction of sp³-hybridized carbons (Fsp3) is 0.929. The lowest BCUT2D eigenvalue weighted by atomic mass is 10.1. The van der Waals surface area contributed by atoms with Crippen LogP contribution < -0.4 is 0 Å². The van der Waals surface area contributed by atoms with Crippen molar-refractivity contribution in [1.82, 2.24) is 9.80 Å². The van der Waals surface area contributed by atoms with E-state index < -0.39 is 6.10 Å². The first-order valence-corrected chi connectivity index (χ1v) is 7.44. The Labute approximate surface area is 115 Å². The molecule has 0 aromatic heterocycles. The molecule has 0 bridgehead atoms. The highest BCUT2D eigenvalue weighted by molar-refractivity contribution is 5.74. The lowest BCUT2D eigenvalue weighted by Crippen LogP contribution is -2.47. The minimum atomic E-state index is -0.395. The lowest BCUT2D eigenvalue weighted by Gasteiger charge is -2.32. The topological polar surface area (TPSA) is 42.0 Å². The van der Waals surface area contributed by atoms with Crippen molar-refractivity contribution in [3.8, 4) is 0 Å². The van der Waals surface area contributed by atoms with Crippen molar-refractivity contribution >= 4 is 5.97 Å². The van der Waals surface area contributed by atoms with Crippen LogP contribution in [0.3, 0.4) is 0 Å². The van der Waals surface area contributed by atoms with Gasteiger partial charge >= 0.3 is 5.97 Å². The molecule has 0 amide bonds. The zero-order valence-electron chi connectivity index (χ0n) is 12.0. The highest BCUT2D eigenvalue weighted by Gasteiger charge is 2.27. The molecular formula is C14H26N2O3. The van der Waals surface area contributed by atoms with Crippen molar-refractivity contribution in [3.05, 3.63) is 0 Å². The summed E-state index contributed by atoms with van der Waals surface area (Å²) in [6.07, 6.45) is 4.87. The van der Waals surface area contributed by atoms with Crippen LogP contribution in [0, 0.1) is 0 Å². The van der Waals surface area contributed by atoms with E-state index in [1.807, 2.05) is 0 Å². The molecule has 2 saturated heterocycles. The number of nitrogens with zero attached hydrogens (tertiary/aromatic N) is 2. The maximum absolute atomic E-state index is 11.5. The van der Waals surface area contributed by atoms with Gasteiger partial charge in [-0.2, -0.15) is 0 Å². The lowest BCUT2D eigenvalue weighted by molar-refractivity contribution is -0.159. The van der Waals surface area contributed by atoms with E-state index in [0.717, 1.165) is 13.1 Å². The number of hydrogen-bond donors (Lipinski definition) is 0. The van der Waals surface area contributed by atoms with E-state index in [1.165, 1.54) is 52.4 Å². The smallest absolute Gasteiger partial charge is 0.336 e. The van der Waals surface area contributed by atoms with Crippen LogP contribution >= 0.6 is 0 Å². The van der Waals surface area contributed by atoms with Gasteiger partial charge in [0.05, 0.1) is 13.7 Å². The third-order valence-electron chi connectivity index (χ3n) is 4.01. The molecule has 2 heterocycles. The maximum Gasteiger partial charge on any atom is 0.336 e. The number of morpholine rings is 1. The average molecular weight is 270 g/mol. The maximum atomic E-state index is 11.5. The van der Waals surface area contributed by atoms with Crippen molar-refractivity contribution in [2.75, 3.05) is 53.0 Å². The molecule has 5 heteroatoms. The van der Waals surface area contributed by atoms with Gasteiger partial charge < -0.3 is 14.4 Å². The van der Waals surface area contributed by atoms with Gasteiger partial charge in [-0.3, -0.25) is 4.90 Å². The minimum Gasteiger partial charge on any atom is -0.467 e. The van der Waals surface area contributed by atoms with Gasteiger partial charge in [0.25, 0.3) is 0 Å². The quantitative estimate of drug-likeness (QED) is 0.689. The van der Waals surface area contributed by atoms with Crippen LogP contribution in [-0.2, 0) is 14.3 Å².